The van der Waals surface area contributed by atoms with E-state index in [1.54, 1.807) is 37.4 Å². The van der Waals surface area contributed by atoms with Crippen LogP contribution in [0.25, 0.3) is 0 Å². The molecule has 6 heteroatoms. The first kappa shape index (κ1) is 14.4. The van der Waals surface area contributed by atoms with Gasteiger partial charge in [0, 0.05) is 30.7 Å². The van der Waals surface area contributed by atoms with Gasteiger partial charge in [-0.2, -0.15) is 0 Å². The van der Waals surface area contributed by atoms with Crippen LogP contribution < -0.4 is 10.6 Å². The zero-order valence-corrected chi connectivity index (χ0v) is 12.3. The molecule has 0 saturated heterocycles. The van der Waals surface area contributed by atoms with Crippen LogP contribution >= 0.6 is 23.8 Å². The number of nitrogens with zero attached hydrogens (tertiary/aromatic N) is 2. The molecule has 0 bridgehead atoms. The normalized spacial score (nSPS) is 10.1. The van der Waals surface area contributed by atoms with Gasteiger partial charge in [-0.15, -0.1) is 0 Å². The van der Waals surface area contributed by atoms with Gasteiger partial charge < -0.3 is 10.6 Å². The maximum Gasteiger partial charge on any atom is 0.259 e. The fourth-order valence-corrected chi connectivity index (χ4v) is 2.04. The predicted molar refractivity (Wildman–Crippen MR) is 84.3 cm³/mol. The highest BCUT2D eigenvalue weighted by molar-refractivity contribution is 7.80. The van der Waals surface area contributed by atoms with E-state index in [-0.39, 0.29) is 10.9 Å². The first-order valence-electron chi connectivity index (χ1n) is 5.78. The molecule has 102 valence electrons. The molecule has 2 N–H and O–H groups in total. The number of anilines is 1. The van der Waals surface area contributed by atoms with Crippen molar-refractivity contribution in [2.75, 3.05) is 11.9 Å². The predicted octanol–water partition coefficient (Wildman–Crippen LogP) is 2.65. The monoisotopic (exact) mass is 305 g/mol. The van der Waals surface area contributed by atoms with Crippen LogP contribution in [0.3, 0.4) is 0 Å². The number of benzene rings is 1. The van der Waals surface area contributed by atoms with Crippen LogP contribution in [0.1, 0.15) is 15.9 Å². The molecular weight excluding hydrogens is 294 g/mol. The van der Waals surface area contributed by atoms with Crippen molar-refractivity contribution < 1.29 is 4.79 Å². The first-order chi connectivity index (χ1) is 9.50. The molecule has 2 aromatic rings. The van der Waals surface area contributed by atoms with Gasteiger partial charge in [-0.1, -0.05) is 36.0 Å². The highest BCUT2D eigenvalue weighted by atomic mass is 35.5. The molecule has 1 amide bonds. The summed E-state index contributed by atoms with van der Waals surface area (Å²) in [5.41, 5.74) is 7.38. The van der Waals surface area contributed by atoms with Gasteiger partial charge in [-0.25, -0.2) is 0 Å². The standard InChI is InChI=1S/C14H12ClN3OS/c1-18(10-4-2-3-9(7-10)13(16)20)14(19)11-5-6-17-8-12(11)15/h2-8H,1H3,(H2,16,20). The lowest BCUT2D eigenvalue weighted by atomic mass is 10.1. The molecule has 0 fully saturated rings. The number of carbonyl (C=O) groups excluding carboxylic acids is 1. The van der Waals surface area contributed by atoms with Gasteiger partial charge >= 0.3 is 0 Å². The fourth-order valence-electron chi connectivity index (χ4n) is 1.71. The molecule has 0 spiro atoms. The van der Waals surface area contributed by atoms with Crippen LogP contribution in [0.15, 0.2) is 42.7 Å². The molecule has 0 saturated carbocycles. The van der Waals surface area contributed by atoms with Gasteiger partial charge in [0.15, 0.2) is 0 Å². The maximum absolute atomic E-state index is 12.4. The Bertz CT molecular complexity index is 675. The molecule has 1 aromatic carbocycles. The van der Waals surface area contributed by atoms with E-state index < -0.39 is 0 Å². The molecule has 2 rings (SSSR count). The highest BCUT2D eigenvalue weighted by Gasteiger charge is 2.16. The van der Waals surface area contributed by atoms with Crippen LogP contribution in [0.2, 0.25) is 5.02 Å². The second-order valence-corrected chi connectivity index (χ2v) is 4.98. The molecular formula is C14H12ClN3OS. The van der Waals surface area contributed by atoms with Gasteiger partial charge in [0.25, 0.3) is 5.91 Å². The Kier molecular flexibility index (Phi) is 4.32. The van der Waals surface area contributed by atoms with Crippen LogP contribution in [-0.4, -0.2) is 22.9 Å². The van der Waals surface area contributed by atoms with Gasteiger partial charge in [0.1, 0.15) is 4.99 Å². The Morgan fingerprint density at radius 2 is 2.15 bits per heavy atom. The van der Waals surface area contributed by atoms with Crippen LogP contribution in [-0.2, 0) is 0 Å². The van der Waals surface area contributed by atoms with Crippen LogP contribution in [0.5, 0.6) is 0 Å². The Morgan fingerprint density at radius 1 is 1.40 bits per heavy atom. The van der Waals surface area contributed by atoms with E-state index in [0.717, 1.165) is 0 Å². The topological polar surface area (TPSA) is 59.2 Å². The lowest BCUT2D eigenvalue weighted by Gasteiger charge is -2.18. The van der Waals surface area contributed by atoms with E-state index in [1.807, 2.05) is 0 Å². The van der Waals surface area contributed by atoms with Gasteiger partial charge in [0.05, 0.1) is 10.6 Å². The number of halogens is 1. The second kappa shape index (κ2) is 5.98. The summed E-state index contributed by atoms with van der Waals surface area (Å²) < 4.78 is 0. The van der Waals surface area contributed by atoms with Crippen molar-refractivity contribution in [3.63, 3.8) is 0 Å². The molecule has 1 aromatic heterocycles. The lowest BCUT2D eigenvalue weighted by molar-refractivity contribution is 0.0993. The number of aromatic nitrogens is 1. The van der Waals surface area contributed by atoms with Crippen LogP contribution in [0.4, 0.5) is 5.69 Å². The number of carbonyl (C=O) groups is 1. The van der Waals surface area contributed by atoms with Crippen molar-refractivity contribution >= 4 is 40.4 Å². The van der Waals surface area contributed by atoms with Crippen LogP contribution in [0, 0.1) is 0 Å². The highest BCUT2D eigenvalue weighted by Crippen LogP contribution is 2.20. The van der Waals surface area contributed by atoms with Gasteiger partial charge in [-0.3, -0.25) is 9.78 Å². The third kappa shape index (κ3) is 2.95. The summed E-state index contributed by atoms with van der Waals surface area (Å²) in [7, 11) is 1.66. The SMILES string of the molecule is CN(C(=O)c1ccncc1Cl)c1cccc(C(N)=S)c1. The third-order valence-electron chi connectivity index (χ3n) is 2.83. The average molecular weight is 306 g/mol. The summed E-state index contributed by atoms with van der Waals surface area (Å²) >= 11 is 10.9. The summed E-state index contributed by atoms with van der Waals surface area (Å²) in [6.07, 6.45) is 2.96. The Hall–Kier alpha value is -1.98. The molecule has 0 atom stereocenters. The van der Waals surface area contributed by atoms with Crippen molar-refractivity contribution in [2.24, 2.45) is 5.73 Å². The van der Waals surface area contributed by atoms with E-state index in [0.29, 0.717) is 21.8 Å². The van der Waals surface area contributed by atoms with Crippen molar-refractivity contribution in [3.8, 4) is 0 Å². The molecule has 0 aliphatic heterocycles. The van der Waals surface area contributed by atoms with E-state index in [4.69, 9.17) is 29.6 Å². The van der Waals surface area contributed by atoms with E-state index in [1.165, 1.54) is 17.3 Å². The Balaban J connectivity index is 2.34. The van der Waals surface area contributed by atoms with Crippen molar-refractivity contribution in [2.45, 2.75) is 0 Å². The van der Waals surface area contributed by atoms with E-state index in [2.05, 4.69) is 4.98 Å². The van der Waals surface area contributed by atoms with E-state index >= 15 is 0 Å². The van der Waals surface area contributed by atoms with E-state index in [9.17, 15) is 4.79 Å². The Morgan fingerprint density at radius 3 is 2.80 bits per heavy atom. The zero-order valence-electron chi connectivity index (χ0n) is 10.7. The summed E-state index contributed by atoms with van der Waals surface area (Å²) in [5.74, 6) is -0.225. The summed E-state index contributed by atoms with van der Waals surface area (Å²) in [4.78, 5) is 18.0. The number of thiocarbonyl (C=S) groups is 1. The summed E-state index contributed by atoms with van der Waals surface area (Å²) in [6, 6.07) is 8.73. The number of hydrogen-bond donors (Lipinski definition) is 1. The largest absolute Gasteiger partial charge is 0.389 e. The van der Waals surface area contributed by atoms with Crippen molar-refractivity contribution in [1.29, 1.82) is 0 Å². The Labute approximate surface area is 127 Å². The molecule has 0 aliphatic carbocycles. The fraction of sp³-hybridized carbons (Fsp3) is 0.0714. The lowest BCUT2D eigenvalue weighted by Crippen LogP contribution is -2.27. The number of pyridine rings is 1. The molecule has 20 heavy (non-hydrogen) atoms. The molecule has 1 heterocycles. The number of rotatable bonds is 3. The number of nitrogens with two attached hydrogens (primary N) is 1. The van der Waals surface area contributed by atoms with Gasteiger partial charge in [0.2, 0.25) is 0 Å². The second-order valence-electron chi connectivity index (χ2n) is 4.13. The number of amides is 1. The van der Waals surface area contributed by atoms with Crippen molar-refractivity contribution in [3.05, 3.63) is 58.9 Å². The number of hydrogen-bond acceptors (Lipinski definition) is 3. The van der Waals surface area contributed by atoms with Crippen molar-refractivity contribution in [1.82, 2.24) is 4.98 Å². The minimum atomic E-state index is -0.225. The minimum absolute atomic E-state index is 0.225. The first-order valence-corrected chi connectivity index (χ1v) is 6.56. The maximum atomic E-state index is 12.4. The summed E-state index contributed by atoms with van der Waals surface area (Å²) in [6.45, 7) is 0. The minimum Gasteiger partial charge on any atom is -0.389 e. The smallest absolute Gasteiger partial charge is 0.259 e. The zero-order chi connectivity index (χ0) is 14.7. The molecule has 4 nitrogen and oxygen atoms in total. The average Bonchev–Trinajstić information content (AvgIpc) is 2.46. The molecule has 0 radical (unpaired) electrons. The molecule has 0 unspecified atom stereocenters. The molecule has 0 aliphatic rings. The quantitative estimate of drug-likeness (QED) is 0.886. The third-order valence-corrected chi connectivity index (χ3v) is 3.36. The van der Waals surface area contributed by atoms with Gasteiger partial charge in [-0.05, 0) is 18.2 Å². The summed E-state index contributed by atoms with van der Waals surface area (Å²) in [5, 5.41) is 0.315.